The first-order valence-electron chi connectivity index (χ1n) is 8.89. The predicted molar refractivity (Wildman–Crippen MR) is 89.4 cm³/mol. The second-order valence-electron chi connectivity index (χ2n) is 8.49. The summed E-state index contributed by atoms with van der Waals surface area (Å²) in [6.07, 6.45) is 0. The molecule has 4 atom stereocenters. The van der Waals surface area contributed by atoms with Gasteiger partial charge < -0.3 is 9.47 Å². The minimum atomic E-state index is -3.74. The van der Waals surface area contributed by atoms with Crippen molar-refractivity contribution in [2.45, 2.75) is 27.5 Å². The molecule has 1 heterocycles. The minimum Gasteiger partial charge on any atom is -0.346 e. The van der Waals surface area contributed by atoms with Gasteiger partial charge in [-0.05, 0) is 36.8 Å². The summed E-state index contributed by atoms with van der Waals surface area (Å²) in [7, 11) is -3.74. The van der Waals surface area contributed by atoms with Crippen LogP contribution in [0.25, 0.3) is 0 Å². The van der Waals surface area contributed by atoms with Crippen LogP contribution in [0.2, 0.25) is 0 Å². The van der Waals surface area contributed by atoms with Crippen LogP contribution in [-0.4, -0.2) is 37.3 Å². The molecule has 0 amide bonds. The second kappa shape index (κ2) is 3.74. The van der Waals surface area contributed by atoms with E-state index in [1.54, 1.807) is 12.1 Å². The van der Waals surface area contributed by atoms with Gasteiger partial charge >= 0.3 is 0 Å². The van der Waals surface area contributed by atoms with Crippen LogP contribution in [0, 0.1) is 42.4 Å². The highest BCUT2D eigenvalue weighted by atomic mass is 79.9. The zero-order valence-electron chi connectivity index (χ0n) is 13.5. The maximum Gasteiger partial charge on any atom is 0.297 e. The molecule has 7 heteroatoms. The lowest BCUT2D eigenvalue weighted by Gasteiger charge is -2.89. The maximum absolute atomic E-state index is 12.8. The normalized spacial score (nSPS) is 54.5. The number of aryl methyl sites for hydroxylation is 1. The molecule has 6 aliphatic carbocycles. The molecule has 0 N–H and O–H groups in total. The quantitative estimate of drug-likeness (QED) is 0.548. The predicted octanol–water partition coefficient (Wildman–Crippen LogP) is 2.08. The summed E-state index contributed by atoms with van der Waals surface area (Å²) in [5.74, 6) is 1.42. The van der Waals surface area contributed by atoms with Gasteiger partial charge in [0.15, 0.2) is 5.79 Å². The van der Waals surface area contributed by atoms with Gasteiger partial charge in [-0.1, -0.05) is 33.6 Å². The van der Waals surface area contributed by atoms with E-state index < -0.39 is 21.5 Å². The van der Waals surface area contributed by atoms with Crippen LogP contribution in [0.1, 0.15) is 5.56 Å². The maximum atomic E-state index is 12.8. The SMILES string of the molecule is Cc1ccc(S(=O)(=O)OC23C4C5C2C2C3C4C2(Br)C52OCCO2)cc1. The Morgan fingerprint density at radius 1 is 1.00 bits per heavy atom. The van der Waals surface area contributed by atoms with E-state index >= 15 is 0 Å². The van der Waals surface area contributed by atoms with Crippen LogP contribution in [0.4, 0.5) is 0 Å². The topological polar surface area (TPSA) is 61.8 Å². The zero-order valence-corrected chi connectivity index (χ0v) is 15.9. The highest BCUT2D eigenvalue weighted by Gasteiger charge is 3.10. The number of benzene rings is 1. The Balaban J connectivity index is 1.26. The minimum absolute atomic E-state index is 0.111. The summed E-state index contributed by atoms with van der Waals surface area (Å²) in [4.78, 5) is 0.252. The molecule has 5 nitrogen and oxygen atoms in total. The Morgan fingerprint density at radius 2 is 1.56 bits per heavy atom. The van der Waals surface area contributed by atoms with Gasteiger partial charge in [-0.25, -0.2) is 0 Å². The summed E-state index contributed by atoms with van der Waals surface area (Å²) < 4.78 is 43.7. The number of rotatable bonds is 3. The highest BCUT2D eigenvalue weighted by molar-refractivity contribution is 9.10. The summed E-state index contributed by atoms with van der Waals surface area (Å²) in [5.41, 5.74) is 0.547. The average Bonchev–Trinajstić information content (AvgIpc) is 3.12. The fourth-order valence-electron chi connectivity index (χ4n) is 7.63. The van der Waals surface area contributed by atoms with E-state index in [4.69, 9.17) is 13.7 Å². The molecular weight excluding hydrogens is 408 g/mol. The van der Waals surface area contributed by atoms with E-state index in [-0.39, 0.29) is 27.0 Å². The van der Waals surface area contributed by atoms with Crippen molar-refractivity contribution in [2.75, 3.05) is 13.2 Å². The molecule has 25 heavy (non-hydrogen) atoms. The van der Waals surface area contributed by atoms with Crippen molar-refractivity contribution in [3.8, 4) is 0 Å². The number of halogens is 1. The van der Waals surface area contributed by atoms with Crippen molar-refractivity contribution < 1.29 is 22.1 Å². The summed E-state index contributed by atoms with van der Waals surface area (Å²) in [5, 5.41) is 0. The Labute approximate surface area is 154 Å². The van der Waals surface area contributed by atoms with E-state index in [0.717, 1.165) is 5.56 Å². The van der Waals surface area contributed by atoms with Gasteiger partial charge in [0.05, 0.1) is 28.0 Å². The van der Waals surface area contributed by atoms with Crippen LogP contribution in [-0.2, 0) is 23.8 Å². The molecule has 1 aliphatic heterocycles. The fourth-order valence-corrected chi connectivity index (χ4v) is 10.5. The molecule has 132 valence electrons. The van der Waals surface area contributed by atoms with Gasteiger partial charge in [-0.2, -0.15) is 8.42 Å². The third-order valence-corrected chi connectivity index (χ3v) is 11.1. The Hall–Kier alpha value is -0.470. The number of hydrogen-bond acceptors (Lipinski definition) is 5. The smallest absolute Gasteiger partial charge is 0.297 e. The Morgan fingerprint density at radius 3 is 2.16 bits per heavy atom. The van der Waals surface area contributed by atoms with Crippen molar-refractivity contribution in [3.05, 3.63) is 29.8 Å². The summed E-state index contributed by atoms with van der Waals surface area (Å²) >= 11 is 3.98. The number of ether oxygens (including phenoxy) is 2. The van der Waals surface area contributed by atoms with E-state index in [1.165, 1.54) is 0 Å². The van der Waals surface area contributed by atoms with Gasteiger partial charge in [0.25, 0.3) is 10.1 Å². The standard InChI is InChI=1S/C18H17BrO5S/c1-8-2-4-9(5-3-8)25(20,21)24-16-10-13-11(16)15-12(16)14(10)17(13,19)18(15)22-6-7-23-18/h2-5,10-15H,6-7H2,1H3. The van der Waals surface area contributed by atoms with Crippen LogP contribution in [0.5, 0.6) is 0 Å². The first-order chi connectivity index (χ1) is 11.9. The molecule has 0 aromatic heterocycles. The lowest BCUT2D eigenvalue weighted by molar-refractivity contribution is -0.448. The lowest BCUT2D eigenvalue weighted by Crippen LogP contribution is -2.96. The molecule has 4 unspecified atom stereocenters. The van der Waals surface area contributed by atoms with E-state index in [1.807, 2.05) is 19.1 Å². The molecule has 0 radical (unpaired) electrons. The molecule has 6 saturated carbocycles. The molecule has 1 aromatic rings. The van der Waals surface area contributed by atoms with Crippen molar-refractivity contribution in [1.29, 1.82) is 0 Å². The molecule has 2 bridgehead atoms. The van der Waals surface area contributed by atoms with Gasteiger partial charge in [-0.3, -0.25) is 4.18 Å². The molecule has 8 rings (SSSR count). The van der Waals surface area contributed by atoms with Crippen LogP contribution < -0.4 is 0 Å². The first-order valence-corrected chi connectivity index (χ1v) is 11.1. The van der Waals surface area contributed by atoms with Crippen LogP contribution in [0.3, 0.4) is 0 Å². The molecule has 7 aliphatic rings. The Kier molecular flexibility index (Phi) is 2.18. The van der Waals surface area contributed by atoms with Crippen LogP contribution >= 0.6 is 15.9 Å². The fraction of sp³-hybridized carbons (Fsp3) is 0.667. The van der Waals surface area contributed by atoms with Crippen molar-refractivity contribution >= 4 is 26.0 Å². The van der Waals surface area contributed by atoms with E-state index in [2.05, 4.69) is 15.9 Å². The molecule has 1 saturated heterocycles. The Bertz CT molecular complexity index is 915. The number of alkyl halides is 1. The number of hydrogen-bond donors (Lipinski definition) is 0. The second-order valence-corrected chi connectivity index (χ2v) is 11.3. The molecule has 1 spiro atoms. The molecule has 7 fully saturated rings. The van der Waals surface area contributed by atoms with Gasteiger partial charge in [0.1, 0.15) is 0 Å². The van der Waals surface area contributed by atoms with E-state index in [0.29, 0.717) is 31.0 Å². The van der Waals surface area contributed by atoms with Gasteiger partial charge in [0.2, 0.25) is 0 Å². The summed E-state index contributed by atoms with van der Waals surface area (Å²) in [6.45, 7) is 3.20. The lowest BCUT2D eigenvalue weighted by atomic mass is 9.17. The third-order valence-electron chi connectivity index (χ3n) is 8.11. The first kappa shape index (κ1) is 14.6. The van der Waals surface area contributed by atoms with E-state index in [9.17, 15) is 8.42 Å². The van der Waals surface area contributed by atoms with Crippen molar-refractivity contribution in [1.82, 2.24) is 0 Å². The molecule has 1 aromatic carbocycles. The largest absolute Gasteiger partial charge is 0.346 e. The average molecular weight is 425 g/mol. The third kappa shape index (κ3) is 1.10. The molecular formula is C18H17BrO5S. The van der Waals surface area contributed by atoms with Crippen molar-refractivity contribution in [2.24, 2.45) is 35.5 Å². The van der Waals surface area contributed by atoms with Crippen molar-refractivity contribution in [3.63, 3.8) is 0 Å². The monoisotopic (exact) mass is 424 g/mol. The van der Waals surface area contributed by atoms with Gasteiger partial charge in [0, 0.05) is 17.8 Å². The zero-order chi connectivity index (χ0) is 17.0. The highest BCUT2D eigenvalue weighted by Crippen LogP contribution is 3.02. The summed E-state index contributed by atoms with van der Waals surface area (Å²) in [6, 6.07) is 6.89. The van der Waals surface area contributed by atoms with Gasteiger partial charge in [-0.15, -0.1) is 0 Å². The van der Waals surface area contributed by atoms with Crippen LogP contribution in [0.15, 0.2) is 29.2 Å².